The predicted molar refractivity (Wildman–Crippen MR) is 71.7 cm³/mol. The minimum Gasteiger partial charge on any atom is -0.360 e. The fourth-order valence-corrected chi connectivity index (χ4v) is 3.28. The Morgan fingerprint density at radius 3 is 2.65 bits per heavy atom. The van der Waals surface area contributed by atoms with Crippen LogP contribution in [0.3, 0.4) is 0 Å². The van der Waals surface area contributed by atoms with Gasteiger partial charge in [0.1, 0.15) is 11.7 Å². The number of aromatic nitrogens is 3. The molecule has 4 nitrogen and oxygen atoms in total. The van der Waals surface area contributed by atoms with E-state index in [1.165, 1.54) is 0 Å². The van der Waals surface area contributed by atoms with Gasteiger partial charge < -0.3 is 4.74 Å². The fraction of sp³-hybridized carbons (Fsp3) is 0.500. The van der Waals surface area contributed by atoms with Crippen LogP contribution >= 0.6 is 0 Å². The first kappa shape index (κ1) is 12.3. The maximum absolute atomic E-state index is 5.57. The van der Waals surface area contributed by atoms with Gasteiger partial charge in [0, 0.05) is 15.2 Å². The van der Waals surface area contributed by atoms with E-state index >= 15 is 0 Å². The molecular formula is C12H19N3OSi. The van der Waals surface area contributed by atoms with Crippen molar-refractivity contribution in [3.63, 3.8) is 0 Å². The van der Waals surface area contributed by atoms with E-state index in [1.807, 2.05) is 28.9 Å². The van der Waals surface area contributed by atoms with Gasteiger partial charge in [0.15, 0.2) is 0 Å². The van der Waals surface area contributed by atoms with Crippen LogP contribution in [0, 0.1) is 0 Å². The van der Waals surface area contributed by atoms with Crippen molar-refractivity contribution in [3.05, 3.63) is 24.3 Å². The number of ether oxygens (including phenoxy) is 1. The summed E-state index contributed by atoms with van der Waals surface area (Å²) in [6.07, 6.45) is -0.00549. The predicted octanol–water partition coefficient (Wildman–Crippen LogP) is 2.91. The van der Waals surface area contributed by atoms with E-state index in [2.05, 4.69) is 30.0 Å². The Morgan fingerprint density at radius 2 is 2.00 bits per heavy atom. The van der Waals surface area contributed by atoms with Gasteiger partial charge in [-0.05, 0) is 18.2 Å². The molecule has 0 saturated carbocycles. The van der Waals surface area contributed by atoms with Crippen molar-refractivity contribution in [1.29, 1.82) is 0 Å². The van der Waals surface area contributed by atoms with Crippen LogP contribution in [0.15, 0.2) is 24.3 Å². The molecule has 0 aliphatic heterocycles. The Morgan fingerprint density at radius 1 is 1.29 bits per heavy atom. The second kappa shape index (κ2) is 4.58. The molecule has 1 atom stereocenters. The molecule has 0 aliphatic rings. The molecule has 1 aromatic heterocycles. The zero-order chi connectivity index (χ0) is 12.5. The SMILES string of the molecule is COC(C[Si](C)(C)C)n1nnc2ccccc21. The van der Waals surface area contributed by atoms with E-state index in [9.17, 15) is 0 Å². The van der Waals surface area contributed by atoms with Crippen molar-refractivity contribution in [2.75, 3.05) is 7.11 Å². The molecule has 0 radical (unpaired) electrons. The zero-order valence-corrected chi connectivity index (χ0v) is 11.8. The molecule has 1 aromatic carbocycles. The van der Waals surface area contributed by atoms with E-state index in [0.29, 0.717) is 0 Å². The largest absolute Gasteiger partial charge is 0.360 e. The summed E-state index contributed by atoms with van der Waals surface area (Å²) in [4.78, 5) is 0. The fourth-order valence-electron chi connectivity index (χ4n) is 1.89. The highest BCUT2D eigenvalue weighted by molar-refractivity contribution is 6.76. The summed E-state index contributed by atoms with van der Waals surface area (Å²) in [6, 6.07) is 9.02. The van der Waals surface area contributed by atoms with Crippen molar-refractivity contribution in [3.8, 4) is 0 Å². The number of nitrogens with zero attached hydrogens (tertiary/aromatic N) is 3. The first-order chi connectivity index (χ1) is 8.01. The van der Waals surface area contributed by atoms with Crippen molar-refractivity contribution in [2.24, 2.45) is 0 Å². The number of rotatable bonds is 4. The molecule has 0 aliphatic carbocycles. The molecule has 92 valence electrons. The number of fused-ring (bicyclic) bond motifs is 1. The first-order valence-corrected chi connectivity index (χ1v) is 9.55. The van der Waals surface area contributed by atoms with Gasteiger partial charge >= 0.3 is 0 Å². The van der Waals surface area contributed by atoms with Gasteiger partial charge in [0.05, 0.1) is 5.52 Å². The summed E-state index contributed by atoms with van der Waals surface area (Å²) in [5.74, 6) is 0. The van der Waals surface area contributed by atoms with Crippen LogP contribution in [0.4, 0.5) is 0 Å². The Hall–Kier alpha value is -1.20. The molecule has 1 unspecified atom stereocenters. The third kappa shape index (κ3) is 2.73. The molecule has 1 heterocycles. The number of hydrogen-bond donors (Lipinski definition) is 0. The smallest absolute Gasteiger partial charge is 0.149 e. The first-order valence-electron chi connectivity index (χ1n) is 5.84. The van der Waals surface area contributed by atoms with Crippen molar-refractivity contribution >= 4 is 19.1 Å². The molecule has 0 spiro atoms. The van der Waals surface area contributed by atoms with Crippen LogP contribution in [0.5, 0.6) is 0 Å². The van der Waals surface area contributed by atoms with Crippen LogP contribution in [-0.4, -0.2) is 30.2 Å². The number of hydrogen-bond acceptors (Lipinski definition) is 3. The van der Waals surface area contributed by atoms with E-state index in [-0.39, 0.29) is 6.23 Å². The van der Waals surface area contributed by atoms with E-state index in [1.54, 1.807) is 7.11 Å². The van der Waals surface area contributed by atoms with Crippen molar-refractivity contribution in [2.45, 2.75) is 31.9 Å². The highest BCUT2D eigenvalue weighted by Crippen LogP contribution is 2.24. The highest BCUT2D eigenvalue weighted by Gasteiger charge is 2.23. The normalized spacial score (nSPS) is 14.1. The summed E-state index contributed by atoms with van der Waals surface area (Å²) in [5, 5.41) is 8.38. The van der Waals surface area contributed by atoms with Crippen molar-refractivity contribution < 1.29 is 4.74 Å². The van der Waals surface area contributed by atoms with Crippen LogP contribution in [0.25, 0.3) is 11.0 Å². The summed E-state index contributed by atoms with van der Waals surface area (Å²) in [6.45, 7) is 6.99. The number of methoxy groups -OCH3 is 1. The monoisotopic (exact) mass is 249 g/mol. The topological polar surface area (TPSA) is 39.9 Å². The highest BCUT2D eigenvalue weighted by atomic mass is 28.3. The van der Waals surface area contributed by atoms with Gasteiger partial charge in [-0.25, -0.2) is 4.68 Å². The lowest BCUT2D eigenvalue weighted by Gasteiger charge is -2.23. The second-order valence-electron chi connectivity index (χ2n) is 5.48. The minimum absolute atomic E-state index is 0.00549. The van der Waals surface area contributed by atoms with Gasteiger partial charge in [-0.2, -0.15) is 0 Å². The summed E-state index contributed by atoms with van der Waals surface area (Å²) < 4.78 is 7.47. The lowest BCUT2D eigenvalue weighted by Crippen LogP contribution is -2.27. The number of benzene rings is 1. The quantitative estimate of drug-likeness (QED) is 0.782. The summed E-state index contributed by atoms with van der Waals surface area (Å²) in [7, 11) is 0.539. The molecule has 0 N–H and O–H groups in total. The molecule has 2 rings (SSSR count). The lowest BCUT2D eigenvalue weighted by atomic mass is 10.3. The van der Waals surface area contributed by atoms with Crippen LogP contribution < -0.4 is 0 Å². The molecular weight excluding hydrogens is 230 g/mol. The third-order valence-corrected chi connectivity index (χ3v) is 4.28. The van der Waals surface area contributed by atoms with Gasteiger partial charge in [-0.15, -0.1) is 5.10 Å². The molecule has 2 aromatic rings. The second-order valence-corrected chi connectivity index (χ2v) is 11.0. The maximum Gasteiger partial charge on any atom is 0.149 e. The Kier molecular flexibility index (Phi) is 3.30. The molecule has 0 amide bonds. The lowest BCUT2D eigenvalue weighted by molar-refractivity contribution is 0.0511. The van der Waals surface area contributed by atoms with E-state index < -0.39 is 8.07 Å². The Labute approximate surface area is 103 Å². The summed E-state index contributed by atoms with van der Waals surface area (Å²) >= 11 is 0. The number of para-hydroxylation sites is 1. The maximum atomic E-state index is 5.57. The molecule has 0 saturated heterocycles. The van der Waals surface area contributed by atoms with Crippen LogP contribution in [0.1, 0.15) is 6.23 Å². The van der Waals surface area contributed by atoms with E-state index in [0.717, 1.165) is 17.1 Å². The Bertz CT molecular complexity index is 504. The molecule has 0 fully saturated rings. The minimum atomic E-state index is -1.20. The van der Waals surface area contributed by atoms with Gasteiger partial charge in [-0.3, -0.25) is 0 Å². The van der Waals surface area contributed by atoms with Crippen molar-refractivity contribution in [1.82, 2.24) is 15.0 Å². The molecule has 17 heavy (non-hydrogen) atoms. The standard InChI is InChI=1S/C12H19N3OSi/c1-16-12(9-17(2,3)4)15-11-8-6-5-7-10(11)13-14-15/h5-8,12H,9H2,1-4H3. The Balaban J connectivity index is 2.37. The molecule has 0 bridgehead atoms. The zero-order valence-electron chi connectivity index (χ0n) is 10.8. The van der Waals surface area contributed by atoms with Gasteiger partial charge in [-0.1, -0.05) is 37.0 Å². The van der Waals surface area contributed by atoms with Gasteiger partial charge in [0.25, 0.3) is 0 Å². The van der Waals surface area contributed by atoms with Crippen LogP contribution in [0.2, 0.25) is 25.7 Å². The van der Waals surface area contributed by atoms with E-state index in [4.69, 9.17) is 4.74 Å². The van der Waals surface area contributed by atoms with Crippen LogP contribution in [-0.2, 0) is 4.74 Å². The third-order valence-electron chi connectivity index (χ3n) is 2.71. The van der Waals surface area contributed by atoms with Gasteiger partial charge in [0.2, 0.25) is 0 Å². The summed E-state index contributed by atoms with van der Waals surface area (Å²) in [5.41, 5.74) is 1.96. The average Bonchev–Trinajstić information content (AvgIpc) is 2.68. The molecule has 5 heteroatoms. The average molecular weight is 249 g/mol.